The Labute approximate surface area is 114 Å². The van der Waals surface area contributed by atoms with Gasteiger partial charge < -0.3 is 9.84 Å². The molecule has 0 bridgehead atoms. The van der Waals surface area contributed by atoms with E-state index in [9.17, 15) is 0 Å². The van der Waals surface area contributed by atoms with Crippen LogP contribution in [0.15, 0.2) is 34.9 Å². The summed E-state index contributed by atoms with van der Waals surface area (Å²) in [5.41, 5.74) is 1.22. The predicted molar refractivity (Wildman–Crippen MR) is 76.0 cm³/mol. The van der Waals surface area contributed by atoms with Gasteiger partial charge in [0, 0.05) is 5.92 Å². The van der Waals surface area contributed by atoms with Gasteiger partial charge in [-0.1, -0.05) is 63.2 Å². The first-order chi connectivity index (χ1) is 9.08. The van der Waals surface area contributed by atoms with Crippen molar-refractivity contribution < 1.29 is 4.52 Å². The van der Waals surface area contributed by atoms with Crippen molar-refractivity contribution in [3.63, 3.8) is 0 Å². The van der Waals surface area contributed by atoms with Crippen LogP contribution >= 0.6 is 0 Å². The first-order valence-electron chi connectivity index (χ1n) is 6.73. The highest BCUT2D eigenvalue weighted by atomic mass is 16.5. The van der Waals surface area contributed by atoms with Gasteiger partial charge in [0.15, 0.2) is 5.82 Å². The van der Waals surface area contributed by atoms with E-state index in [1.807, 2.05) is 32.0 Å². The van der Waals surface area contributed by atoms with Crippen molar-refractivity contribution in [2.45, 2.75) is 39.7 Å². The topological polar surface area (TPSA) is 51.0 Å². The fraction of sp³-hybridized carbons (Fsp3) is 0.467. The molecule has 0 radical (unpaired) electrons. The maximum atomic E-state index is 5.26. The number of nitrogens with one attached hydrogen (secondary N) is 1. The largest absolute Gasteiger partial charge is 0.331 e. The lowest BCUT2D eigenvalue weighted by Crippen LogP contribution is -2.17. The van der Waals surface area contributed by atoms with Crippen LogP contribution in [0.3, 0.4) is 0 Å². The highest BCUT2D eigenvalue weighted by Crippen LogP contribution is 2.26. The van der Waals surface area contributed by atoms with E-state index in [1.54, 1.807) is 0 Å². The van der Waals surface area contributed by atoms with Gasteiger partial charge >= 0.3 is 6.01 Å². The molecule has 102 valence electrons. The van der Waals surface area contributed by atoms with Crippen LogP contribution in [0.1, 0.15) is 51.0 Å². The summed E-state index contributed by atoms with van der Waals surface area (Å²) < 4.78 is 5.26. The third-order valence-electron chi connectivity index (χ3n) is 3.06. The maximum absolute atomic E-state index is 5.26. The molecule has 1 aromatic heterocycles. The second kappa shape index (κ2) is 5.87. The van der Waals surface area contributed by atoms with Crippen LogP contribution in [0.5, 0.6) is 0 Å². The SMILES string of the molecule is CC(C)c1noc(NC(c2ccccc2)C(C)C)n1. The van der Waals surface area contributed by atoms with Crippen molar-refractivity contribution in [3.8, 4) is 0 Å². The fourth-order valence-corrected chi connectivity index (χ4v) is 1.96. The van der Waals surface area contributed by atoms with Crippen LogP contribution < -0.4 is 5.32 Å². The molecule has 1 N–H and O–H groups in total. The van der Waals surface area contributed by atoms with Crippen LogP contribution in [-0.2, 0) is 0 Å². The molecule has 1 heterocycles. The third kappa shape index (κ3) is 3.34. The number of nitrogens with zero attached hydrogens (tertiary/aromatic N) is 2. The fourth-order valence-electron chi connectivity index (χ4n) is 1.96. The zero-order valence-corrected chi connectivity index (χ0v) is 11.9. The summed E-state index contributed by atoms with van der Waals surface area (Å²) in [6.07, 6.45) is 0. The van der Waals surface area contributed by atoms with Gasteiger partial charge in [-0.05, 0) is 11.5 Å². The number of rotatable bonds is 5. The molecule has 0 aliphatic heterocycles. The van der Waals surface area contributed by atoms with E-state index in [0.717, 1.165) is 5.82 Å². The Balaban J connectivity index is 2.17. The molecule has 19 heavy (non-hydrogen) atoms. The average molecular weight is 259 g/mol. The van der Waals surface area contributed by atoms with E-state index in [4.69, 9.17) is 4.52 Å². The molecule has 0 aliphatic carbocycles. The highest BCUT2D eigenvalue weighted by molar-refractivity contribution is 5.30. The smallest absolute Gasteiger partial charge is 0.321 e. The van der Waals surface area contributed by atoms with Crippen LogP contribution in [-0.4, -0.2) is 10.1 Å². The summed E-state index contributed by atoms with van der Waals surface area (Å²) >= 11 is 0. The molecule has 2 rings (SSSR count). The summed E-state index contributed by atoms with van der Waals surface area (Å²) in [4.78, 5) is 4.37. The molecule has 0 amide bonds. The maximum Gasteiger partial charge on any atom is 0.321 e. The summed E-state index contributed by atoms with van der Waals surface area (Å²) in [6.45, 7) is 8.44. The van der Waals surface area contributed by atoms with E-state index in [1.165, 1.54) is 5.56 Å². The standard InChI is InChI=1S/C15H21N3O/c1-10(2)13(12-8-6-5-7-9-12)16-15-17-14(11(3)4)18-19-15/h5-11,13H,1-4H3,(H,16,17,18). The molecule has 0 spiro atoms. The number of anilines is 1. The molecule has 1 aromatic carbocycles. The molecule has 0 fully saturated rings. The molecule has 4 nitrogen and oxygen atoms in total. The molecule has 2 aromatic rings. The van der Waals surface area contributed by atoms with Gasteiger partial charge in [-0.25, -0.2) is 0 Å². The zero-order chi connectivity index (χ0) is 13.8. The summed E-state index contributed by atoms with van der Waals surface area (Å²) in [5, 5.41) is 7.30. The Morgan fingerprint density at radius 1 is 1.05 bits per heavy atom. The van der Waals surface area contributed by atoms with Crippen LogP contribution in [0.4, 0.5) is 6.01 Å². The van der Waals surface area contributed by atoms with Gasteiger partial charge in [0.1, 0.15) is 0 Å². The molecular formula is C15H21N3O. The van der Waals surface area contributed by atoms with Gasteiger partial charge in [0.25, 0.3) is 0 Å². The van der Waals surface area contributed by atoms with E-state index in [-0.39, 0.29) is 12.0 Å². The minimum Gasteiger partial charge on any atom is -0.331 e. The molecule has 0 aliphatic rings. The molecule has 0 saturated carbocycles. The minimum absolute atomic E-state index is 0.168. The van der Waals surface area contributed by atoms with E-state index in [2.05, 4.69) is 41.4 Å². The molecule has 1 atom stereocenters. The van der Waals surface area contributed by atoms with Crippen molar-refractivity contribution in [3.05, 3.63) is 41.7 Å². The van der Waals surface area contributed by atoms with Crippen molar-refractivity contribution in [1.29, 1.82) is 0 Å². The van der Waals surface area contributed by atoms with Crippen molar-refractivity contribution in [2.75, 3.05) is 5.32 Å². The van der Waals surface area contributed by atoms with Crippen molar-refractivity contribution in [2.24, 2.45) is 5.92 Å². The van der Waals surface area contributed by atoms with Crippen molar-refractivity contribution in [1.82, 2.24) is 10.1 Å². The summed E-state index contributed by atoms with van der Waals surface area (Å²) in [7, 11) is 0. The molecule has 1 unspecified atom stereocenters. The van der Waals surface area contributed by atoms with Crippen LogP contribution in [0, 0.1) is 5.92 Å². The average Bonchev–Trinajstić information content (AvgIpc) is 2.85. The molecule has 4 heteroatoms. The van der Waals surface area contributed by atoms with E-state index in [0.29, 0.717) is 11.9 Å². The zero-order valence-electron chi connectivity index (χ0n) is 11.9. The number of benzene rings is 1. The monoisotopic (exact) mass is 259 g/mol. The second-order valence-corrected chi connectivity index (χ2v) is 5.39. The second-order valence-electron chi connectivity index (χ2n) is 5.39. The van der Waals surface area contributed by atoms with Crippen LogP contribution in [0.25, 0.3) is 0 Å². The van der Waals surface area contributed by atoms with Gasteiger partial charge in [-0.2, -0.15) is 4.98 Å². The lowest BCUT2D eigenvalue weighted by molar-refractivity contribution is 0.408. The first-order valence-corrected chi connectivity index (χ1v) is 6.73. The lowest BCUT2D eigenvalue weighted by atomic mass is 9.96. The first kappa shape index (κ1) is 13.6. The van der Waals surface area contributed by atoms with E-state index < -0.39 is 0 Å². The van der Waals surface area contributed by atoms with Crippen LogP contribution in [0.2, 0.25) is 0 Å². The van der Waals surface area contributed by atoms with Gasteiger partial charge in [-0.15, -0.1) is 0 Å². The highest BCUT2D eigenvalue weighted by Gasteiger charge is 2.18. The van der Waals surface area contributed by atoms with Gasteiger partial charge in [0.2, 0.25) is 0 Å². The lowest BCUT2D eigenvalue weighted by Gasteiger charge is -2.21. The minimum atomic E-state index is 0.168. The number of aromatic nitrogens is 2. The normalized spacial score (nSPS) is 12.9. The molecular weight excluding hydrogens is 238 g/mol. The van der Waals surface area contributed by atoms with E-state index >= 15 is 0 Å². The van der Waals surface area contributed by atoms with Gasteiger partial charge in [-0.3, -0.25) is 0 Å². The number of hydrogen-bond donors (Lipinski definition) is 1. The Morgan fingerprint density at radius 2 is 1.74 bits per heavy atom. The summed E-state index contributed by atoms with van der Waals surface area (Å²) in [5.74, 6) is 1.43. The van der Waals surface area contributed by atoms with Gasteiger partial charge in [0.05, 0.1) is 6.04 Å². The third-order valence-corrected chi connectivity index (χ3v) is 3.06. The Kier molecular flexibility index (Phi) is 4.20. The predicted octanol–water partition coefficient (Wildman–Crippen LogP) is 4.00. The molecule has 0 saturated heterocycles. The Hall–Kier alpha value is -1.84. The van der Waals surface area contributed by atoms with Crippen molar-refractivity contribution >= 4 is 6.01 Å². The Morgan fingerprint density at radius 3 is 2.26 bits per heavy atom. The summed E-state index contributed by atoms with van der Waals surface area (Å²) in [6, 6.07) is 11.0. The Bertz CT molecular complexity index is 505. The number of hydrogen-bond acceptors (Lipinski definition) is 4. The quantitative estimate of drug-likeness (QED) is 0.881.